The fourth-order valence-corrected chi connectivity index (χ4v) is 3.09. The van der Waals surface area contributed by atoms with E-state index in [1.165, 1.54) is 17.0 Å². The predicted octanol–water partition coefficient (Wildman–Crippen LogP) is 2.57. The SMILES string of the molecule is CN(C[C@H]1COc2ccccc2O1)C(=O)c1ccc([N+](=O)[O-])s1. The van der Waals surface area contributed by atoms with Crippen LogP contribution in [0.4, 0.5) is 5.00 Å². The van der Waals surface area contributed by atoms with E-state index in [-0.39, 0.29) is 17.0 Å². The van der Waals surface area contributed by atoms with Crippen LogP contribution < -0.4 is 9.47 Å². The molecule has 1 aliphatic rings. The molecule has 0 saturated heterocycles. The minimum Gasteiger partial charge on any atom is -0.486 e. The van der Waals surface area contributed by atoms with E-state index in [1.54, 1.807) is 7.05 Å². The molecular formula is C15H14N2O5S. The normalized spacial score (nSPS) is 16.0. The zero-order valence-electron chi connectivity index (χ0n) is 12.3. The Morgan fingerprint density at radius 1 is 1.35 bits per heavy atom. The number of hydrogen-bond acceptors (Lipinski definition) is 6. The molecule has 0 spiro atoms. The highest BCUT2D eigenvalue weighted by Crippen LogP contribution is 2.31. The van der Waals surface area contributed by atoms with Crippen molar-refractivity contribution in [3.63, 3.8) is 0 Å². The summed E-state index contributed by atoms with van der Waals surface area (Å²) in [5.41, 5.74) is 0. The maximum Gasteiger partial charge on any atom is 0.324 e. The van der Waals surface area contributed by atoms with E-state index in [1.807, 2.05) is 24.3 Å². The van der Waals surface area contributed by atoms with Crippen molar-refractivity contribution in [2.24, 2.45) is 0 Å². The molecule has 0 radical (unpaired) electrons. The van der Waals surface area contributed by atoms with Gasteiger partial charge in [0.25, 0.3) is 5.91 Å². The van der Waals surface area contributed by atoms with Crippen molar-refractivity contribution in [1.82, 2.24) is 4.90 Å². The molecule has 0 fully saturated rings. The largest absolute Gasteiger partial charge is 0.486 e. The summed E-state index contributed by atoms with van der Waals surface area (Å²) in [5.74, 6) is 1.06. The highest BCUT2D eigenvalue weighted by atomic mass is 32.1. The van der Waals surface area contributed by atoms with Gasteiger partial charge in [-0.1, -0.05) is 23.5 Å². The molecule has 1 atom stereocenters. The molecule has 2 heterocycles. The quantitative estimate of drug-likeness (QED) is 0.634. The monoisotopic (exact) mass is 334 g/mol. The van der Waals surface area contributed by atoms with Crippen molar-refractivity contribution in [3.8, 4) is 11.5 Å². The number of carbonyl (C=O) groups excluding carboxylic acids is 1. The lowest BCUT2D eigenvalue weighted by Gasteiger charge is -2.29. The Kier molecular flexibility index (Phi) is 4.16. The molecule has 0 N–H and O–H groups in total. The number of nitro groups is 1. The van der Waals surface area contributed by atoms with Gasteiger partial charge in [0, 0.05) is 13.1 Å². The second kappa shape index (κ2) is 6.25. The zero-order valence-corrected chi connectivity index (χ0v) is 13.1. The van der Waals surface area contributed by atoms with Crippen molar-refractivity contribution >= 4 is 22.2 Å². The zero-order chi connectivity index (χ0) is 16.4. The van der Waals surface area contributed by atoms with Crippen LogP contribution in [0.1, 0.15) is 9.67 Å². The fourth-order valence-electron chi connectivity index (χ4n) is 2.27. The summed E-state index contributed by atoms with van der Waals surface area (Å²) in [7, 11) is 1.64. The summed E-state index contributed by atoms with van der Waals surface area (Å²) >= 11 is 0.866. The maximum absolute atomic E-state index is 12.3. The molecule has 1 aliphatic heterocycles. The van der Waals surface area contributed by atoms with Gasteiger partial charge in [-0.3, -0.25) is 14.9 Å². The van der Waals surface area contributed by atoms with E-state index in [0.29, 0.717) is 29.5 Å². The lowest BCUT2D eigenvalue weighted by molar-refractivity contribution is -0.380. The molecule has 8 heteroatoms. The van der Waals surface area contributed by atoms with Crippen molar-refractivity contribution in [1.29, 1.82) is 0 Å². The van der Waals surface area contributed by atoms with Gasteiger partial charge in [-0.15, -0.1) is 0 Å². The number of carbonyl (C=O) groups is 1. The van der Waals surface area contributed by atoms with Gasteiger partial charge in [0.1, 0.15) is 6.61 Å². The van der Waals surface area contributed by atoms with Crippen LogP contribution in [0.5, 0.6) is 11.5 Å². The summed E-state index contributed by atoms with van der Waals surface area (Å²) in [5, 5.41) is 10.6. The number of hydrogen-bond donors (Lipinski definition) is 0. The molecule has 23 heavy (non-hydrogen) atoms. The number of para-hydroxylation sites is 2. The van der Waals surface area contributed by atoms with Gasteiger partial charge in [-0.25, -0.2) is 0 Å². The van der Waals surface area contributed by atoms with Crippen LogP contribution in [0.15, 0.2) is 36.4 Å². The number of rotatable bonds is 4. The Morgan fingerprint density at radius 2 is 2.09 bits per heavy atom. The van der Waals surface area contributed by atoms with Crippen LogP contribution in [0.25, 0.3) is 0 Å². The number of nitrogens with zero attached hydrogens (tertiary/aromatic N) is 2. The second-order valence-corrected chi connectivity index (χ2v) is 6.14. The molecule has 2 aromatic rings. The average molecular weight is 334 g/mol. The first-order valence-corrected chi connectivity index (χ1v) is 7.74. The third-order valence-corrected chi connectivity index (χ3v) is 4.40. The summed E-state index contributed by atoms with van der Waals surface area (Å²) < 4.78 is 11.4. The molecule has 1 amide bonds. The molecule has 120 valence electrons. The van der Waals surface area contributed by atoms with E-state index in [0.717, 1.165) is 11.3 Å². The number of benzene rings is 1. The van der Waals surface area contributed by atoms with Crippen LogP contribution in [0, 0.1) is 10.1 Å². The number of thiophene rings is 1. The third-order valence-electron chi connectivity index (χ3n) is 3.37. The van der Waals surface area contributed by atoms with Crippen molar-refractivity contribution in [2.45, 2.75) is 6.10 Å². The molecule has 0 unspecified atom stereocenters. The van der Waals surface area contributed by atoms with Crippen LogP contribution in [-0.4, -0.2) is 42.0 Å². The molecule has 1 aromatic carbocycles. The summed E-state index contributed by atoms with van der Waals surface area (Å²) in [4.78, 5) is 24.3. The third kappa shape index (κ3) is 3.26. The second-order valence-electron chi connectivity index (χ2n) is 5.08. The van der Waals surface area contributed by atoms with Crippen molar-refractivity contribution < 1.29 is 19.2 Å². The van der Waals surface area contributed by atoms with Gasteiger partial charge in [0.15, 0.2) is 17.6 Å². The van der Waals surface area contributed by atoms with Gasteiger partial charge in [-0.2, -0.15) is 0 Å². The van der Waals surface area contributed by atoms with Crippen LogP contribution in [-0.2, 0) is 0 Å². The lowest BCUT2D eigenvalue weighted by Crippen LogP contribution is -2.41. The van der Waals surface area contributed by atoms with Gasteiger partial charge in [0.2, 0.25) is 0 Å². The first-order chi connectivity index (χ1) is 11.0. The van der Waals surface area contributed by atoms with Gasteiger partial charge in [0.05, 0.1) is 16.3 Å². The van der Waals surface area contributed by atoms with Gasteiger partial charge >= 0.3 is 5.00 Å². The first-order valence-electron chi connectivity index (χ1n) is 6.93. The predicted molar refractivity (Wildman–Crippen MR) is 84.3 cm³/mol. The Hall–Kier alpha value is -2.61. The van der Waals surface area contributed by atoms with Crippen LogP contribution in [0.2, 0.25) is 0 Å². The summed E-state index contributed by atoms with van der Waals surface area (Å²) in [6.07, 6.45) is -0.284. The highest BCUT2D eigenvalue weighted by Gasteiger charge is 2.25. The number of fused-ring (bicyclic) bond motifs is 1. The Balaban J connectivity index is 1.64. The average Bonchev–Trinajstić information content (AvgIpc) is 3.04. The first kappa shape index (κ1) is 15.3. The van der Waals surface area contributed by atoms with Crippen molar-refractivity contribution in [3.05, 3.63) is 51.4 Å². The fraction of sp³-hybridized carbons (Fsp3) is 0.267. The number of amides is 1. The smallest absolute Gasteiger partial charge is 0.324 e. The molecule has 0 bridgehead atoms. The Labute approximate surface area is 136 Å². The molecule has 0 aliphatic carbocycles. The summed E-state index contributed by atoms with van der Waals surface area (Å²) in [6, 6.07) is 10.2. The van der Waals surface area contributed by atoms with Gasteiger partial charge < -0.3 is 14.4 Å². The minimum absolute atomic E-state index is 0.0482. The van der Waals surface area contributed by atoms with E-state index < -0.39 is 4.92 Å². The van der Waals surface area contributed by atoms with E-state index in [4.69, 9.17) is 9.47 Å². The number of ether oxygens (including phenoxy) is 2. The molecule has 7 nitrogen and oxygen atoms in total. The molecule has 1 aromatic heterocycles. The Morgan fingerprint density at radius 3 is 2.78 bits per heavy atom. The van der Waals surface area contributed by atoms with E-state index in [2.05, 4.69) is 0 Å². The standard InChI is InChI=1S/C15H14N2O5S/c1-16(15(18)13-6-7-14(23-13)17(19)20)8-10-9-21-11-4-2-3-5-12(11)22-10/h2-7,10H,8-9H2,1H3/t10-/m0/s1. The molecule has 3 rings (SSSR count). The maximum atomic E-state index is 12.3. The highest BCUT2D eigenvalue weighted by molar-refractivity contribution is 7.17. The van der Waals surface area contributed by atoms with Crippen LogP contribution >= 0.6 is 11.3 Å². The minimum atomic E-state index is -0.504. The number of likely N-dealkylation sites (N-methyl/N-ethyl adjacent to an activating group) is 1. The molecular weight excluding hydrogens is 320 g/mol. The summed E-state index contributed by atoms with van der Waals surface area (Å²) in [6.45, 7) is 0.679. The van der Waals surface area contributed by atoms with E-state index >= 15 is 0 Å². The lowest BCUT2D eigenvalue weighted by atomic mass is 10.2. The molecule has 0 saturated carbocycles. The topological polar surface area (TPSA) is 81.9 Å². The van der Waals surface area contributed by atoms with Crippen LogP contribution in [0.3, 0.4) is 0 Å². The van der Waals surface area contributed by atoms with Crippen molar-refractivity contribution in [2.75, 3.05) is 20.2 Å². The Bertz CT molecular complexity index is 745. The van der Waals surface area contributed by atoms with Gasteiger partial charge in [-0.05, 0) is 18.2 Å². The van der Waals surface area contributed by atoms with E-state index in [9.17, 15) is 14.9 Å².